The molecule has 96 valence electrons. The van der Waals surface area contributed by atoms with E-state index in [0.29, 0.717) is 5.41 Å². The van der Waals surface area contributed by atoms with Crippen molar-refractivity contribution in [2.75, 3.05) is 11.9 Å². The number of aromatic nitrogens is 1. The van der Waals surface area contributed by atoms with E-state index >= 15 is 0 Å². The molecule has 0 saturated heterocycles. The molecule has 18 heavy (non-hydrogen) atoms. The van der Waals surface area contributed by atoms with E-state index in [1.165, 1.54) is 32.1 Å². The number of nitrogens with zero attached hydrogens (tertiary/aromatic N) is 1. The van der Waals surface area contributed by atoms with Gasteiger partial charge in [-0.15, -0.1) is 0 Å². The fourth-order valence-electron chi connectivity index (χ4n) is 2.91. The molecule has 0 amide bonds. The number of rotatable bonds is 3. The first-order valence-corrected chi connectivity index (χ1v) is 6.83. The molecular formula is C15H20N2O. The van der Waals surface area contributed by atoms with Crippen molar-refractivity contribution < 1.29 is 4.42 Å². The highest BCUT2D eigenvalue weighted by Crippen LogP contribution is 2.36. The van der Waals surface area contributed by atoms with Crippen LogP contribution in [0.15, 0.2) is 29.0 Å². The van der Waals surface area contributed by atoms with Gasteiger partial charge in [-0.2, -0.15) is 0 Å². The summed E-state index contributed by atoms with van der Waals surface area (Å²) in [6, 6.07) is 3.89. The van der Waals surface area contributed by atoms with Gasteiger partial charge < -0.3 is 9.73 Å². The number of hydrogen-bond donors (Lipinski definition) is 1. The fourth-order valence-corrected chi connectivity index (χ4v) is 2.91. The zero-order valence-electron chi connectivity index (χ0n) is 10.9. The maximum Gasteiger partial charge on any atom is 0.139 e. The summed E-state index contributed by atoms with van der Waals surface area (Å²) in [5, 5.41) is 4.59. The van der Waals surface area contributed by atoms with E-state index in [-0.39, 0.29) is 0 Å². The standard InChI is InChI=1S/C15H20N2O/c1-15(7-3-2-4-8-15)11-17-14-12-6-10-18-13(12)5-9-16-14/h5-6,9-10H,2-4,7-8,11H2,1H3,(H,16,17). The fraction of sp³-hybridized carbons (Fsp3) is 0.533. The summed E-state index contributed by atoms with van der Waals surface area (Å²) in [5.41, 5.74) is 1.33. The molecule has 3 heteroatoms. The largest absolute Gasteiger partial charge is 0.464 e. The summed E-state index contributed by atoms with van der Waals surface area (Å²) in [4.78, 5) is 4.42. The molecule has 0 unspecified atom stereocenters. The van der Waals surface area contributed by atoms with Gasteiger partial charge >= 0.3 is 0 Å². The summed E-state index contributed by atoms with van der Waals surface area (Å²) < 4.78 is 5.40. The van der Waals surface area contributed by atoms with Crippen LogP contribution in [-0.4, -0.2) is 11.5 Å². The normalized spacial score (nSPS) is 18.9. The van der Waals surface area contributed by atoms with E-state index in [1.807, 2.05) is 12.1 Å². The Balaban J connectivity index is 1.74. The van der Waals surface area contributed by atoms with Crippen molar-refractivity contribution in [3.05, 3.63) is 24.6 Å². The molecule has 1 fully saturated rings. The lowest BCUT2D eigenvalue weighted by molar-refractivity contribution is 0.233. The predicted molar refractivity (Wildman–Crippen MR) is 73.7 cm³/mol. The predicted octanol–water partition coefficient (Wildman–Crippen LogP) is 4.21. The van der Waals surface area contributed by atoms with Crippen LogP contribution >= 0.6 is 0 Å². The van der Waals surface area contributed by atoms with E-state index in [9.17, 15) is 0 Å². The first-order chi connectivity index (χ1) is 8.77. The SMILES string of the molecule is CC1(CNc2nccc3occc23)CCCCC1. The molecule has 0 aliphatic heterocycles. The maximum absolute atomic E-state index is 5.40. The quantitative estimate of drug-likeness (QED) is 0.878. The topological polar surface area (TPSA) is 38.1 Å². The Kier molecular flexibility index (Phi) is 2.98. The van der Waals surface area contributed by atoms with Crippen LogP contribution in [0.3, 0.4) is 0 Å². The molecule has 2 heterocycles. The Labute approximate surface area is 108 Å². The number of pyridine rings is 1. The molecule has 0 atom stereocenters. The van der Waals surface area contributed by atoms with Gasteiger partial charge in [-0.3, -0.25) is 0 Å². The van der Waals surface area contributed by atoms with Crippen molar-refractivity contribution in [1.29, 1.82) is 0 Å². The minimum Gasteiger partial charge on any atom is -0.464 e. The lowest BCUT2D eigenvalue weighted by atomic mass is 9.76. The monoisotopic (exact) mass is 244 g/mol. The number of nitrogens with one attached hydrogen (secondary N) is 1. The molecule has 0 spiro atoms. The first kappa shape index (κ1) is 11.6. The van der Waals surface area contributed by atoms with E-state index in [1.54, 1.807) is 12.5 Å². The minimum absolute atomic E-state index is 0.422. The maximum atomic E-state index is 5.40. The van der Waals surface area contributed by atoms with Crippen molar-refractivity contribution in [2.24, 2.45) is 5.41 Å². The molecule has 0 aromatic carbocycles. The second-order valence-electron chi connectivity index (χ2n) is 5.72. The molecule has 3 rings (SSSR count). The smallest absolute Gasteiger partial charge is 0.139 e. The number of hydrogen-bond acceptors (Lipinski definition) is 3. The van der Waals surface area contributed by atoms with Gasteiger partial charge in [0.1, 0.15) is 11.4 Å². The molecule has 0 radical (unpaired) electrons. The molecule has 1 aliphatic rings. The third-order valence-corrected chi connectivity index (χ3v) is 4.12. The van der Waals surface area contributed by atoms with Crippen molar-refractivity contribution >= 4 is 16.8 Å². The van der Waals surface area contributed by atoms with Crippen molar-refractivity contribution in [3.63, 3.8) is 0 Å². The summed E-state index contributed by atoms with van der Waals surface area (Å²) >= 11 is 0. The molecule has 1 saturated carbocycles. The zero-order chi connectivity index (χ0) is 12.4. The summed E-state index contributed by atoms with van der Waals surface area (Å²) in [5.74, 6) is 0.952. The van der Waals surface area contributed by atoms with Crippen LogP contribution in [0, 0.1) is 5.41 Å². The van der Waals surface area contributed by atoms with Gasteiger partial charge in [0.15, 0.2) is 0 Å². The van der Waals surface area contributed by atoms with Crippen LogP contribution < -0.4 is 5.32 Å². The van der Waals surface area contributed by atoms with Crippen molar-refractivity contribution in [3.8, 4) is 0 Å². The highest BCUT2D eigenvalue weighted by atomic mass is 16.3. The van der Waals surface area contributed by atoms with Crippen LogP contribution in [0.25, 0.3) is 11.0 Å². The Morgan fingerprint density at radius 2 is 2.11 bits per heavy atom. The molecule has 2 aromatic heterocycles. The third-order valence-electron chi connectivity index (χ3n) is 4.12. The van der Waals surface area contributed by atoms with Crippen LogP contribution in [0.2, 0.25) is 0 Å². The molecule has 1 aliphatic carbocycles. The van der Waals surface area contributed by atoms with Gasteiger partial charge in [0, 0.05) is 12.7 Å². The van der Waals surface area contributed by atoms with E-state index in [0.717, 1.165) is 23.3 Å². The van der Waals surface area contributed by atoms with Gasteiger partial charge in [0.25, 0.3) is 0 Å². The minimum atomic E-state index is 0.422. The second-order valence-corrected chi connectivity index (χ2v) is 5.72. The average Bonchev–Trinajstić information content (AvgIpc) is 2.86. The van der Waals surface area contributed by atoms with Gasteiger partial charge in [-0.05, 0) is 30.4 Å². The van der Waals surface area contributed by atoms with Gasteiger partial charge in [0.05, 0.1) is 11.6 Å². The van der Waals surface area contributed by atoms with E-state index in [4.69, 9.17) is 4.42 Å². The summed E-state index contributed by atoms with van der Waals surface area (Å²) in [7, 11) is 0. The highest BCUT2D eigenvalue weighted by Gasteiger charge is 2.26. The Morgan fingerprint density at radius 3 is 2.94 bits per heavy atom. The van der Waals surface area contributed by atoms with E-state index in [2.05, 4.69) is 17.2 Å². The van der Waals surface area contributed by atoms with Crippen LogP contribution in [0.1, 0.15) is 39.0 Å². The molecular weight excluding hydrogens is 224 g/mol. The molecule has 2 aromatic rings. The van der Waals surface area contributed by atoms with E-state index < -0.39 is 0 Å². The summed E-state index contributed by atoms with van der Waals surface area (Å²) in [6.45, 7) is 3.39. The lowest BCUT2D eigenvalue weighted by Crippen LogP contribution is -2.29. The Morgan fingerprint density at radius 1 is 1.28 bits per heavy atom. The zero-order valence-corrected chi connectivity index (χ0v) is 10.9. The Bertz CT molecular complexity index is 526. The Hall–Kier alpha value is -1.51. The molecule has 1 N–H and O–H groups in total. The van der Waals surface area contributed by atoms with Crippen molar-refractivity contribution in [2.45, 2.75) is 39.0 Å². The van der Waals surface area contributed by atoms with Crippen LogP contribution in [-0.2, 0) is 0 Å². The number of furan rings is 1. The summed E-state index contributed by atoms with van der Waals surface area (Å²) in [6.07, 6.45) is 10.3. The molecule has 0 bridgehead atoms. The first-order valence-electron chi connectivity index (χ1n) is 6.83. The van der Waals surface area contributed by atoms with Crippen molar-refractivity contribution in [1.82, 2.24) is 4.98 Å². The molecule has 3 nitrogen and oxygen atoms in total. The van der Waals surface area contributed by atoms with Crippen LogP contribution in [0.4, 0.5) is 5.82 Å². The van der Waals surface area contributed by atoms with Gasteiger partial charge in [-0.1, -0.05) is 26.2 Å². The second kappa shape index (κ2) is 4.63. The van der Waals surface area contributed by atoms with Gasteiger partial charge in [0.2, 0.25) is 0 Å². The number of anilines is 1. The third kappa shape index (κ3) is 2.22. The number of fused-ring (bicyclic) bond motifs is 1. The average molecular weight is 244 g/mol. The lowest BCUT2D eigenvalue weighted by Gasteiger charge is -2.33. The van der Waals surface area contributed by atoms with Gasteiger partial charge in [-0.25, -0.2) is 4.98 Å². The van der Waals surface area contributed by atoms with Crippen LogP contribution in [0.5, 0.6) is 0 Å². The highest BCUT2D eigenvalue weighted by molar-refractivity contribution is 5.87.